The van der Waals surface area contributed by atoms with E-state index in [2.05, 4.69) is 36.1 Å². The van der Waals surface area contributed by atoms with Crippen LogP contribution in [0.4, 0.5) is 5.82 Å². The lowest BCUT2D eigenvalue weighted by Crippen LogP contribution is -2.33. The van der Waals surface area contributed by atoms with Gasteiger partial charge in [-0.25, -0.2) is 9.97 Å². The van der Waals surface area contributed by atoms with Crippen molar-refractivity contribution < 1.29 is 0 Å². The maximum Gasteiger partial charge on any atom is 0.130 e. The molecule has 17 heavy (non-hydrogen) atoms. The van der Waals surface area contributed by atoms with Crippen LogP contribution in [-0.2, 0) is 0 Å². The van der Waals surface area contributed by atoms with Crippen LogP contribution >= 0.6 is 11.8 Å². The number of rotatable bonds is 5. The van der Waals surface area contributed by atoms with E-state index < -0.39 is 0 Å². The molecule has 0 spiro atoms. The number of nitrogens with one attached hydrogen (secondary N) is 1. The van der Waals surface area contributed by atoms with Crippen LogP contribution in [0.15, 0.2) is 17.4 Å². The van der Waals surface area contributed by atoms with Crippen molar-refractivity contribution in [1.82, 2.24) is 9.97 Å². The Labute approximate surface area is 108 Å². The van der Waals surface area contributed by atoms with Crippen molar-refractivity contribution in [2.45, 2.75) is 38.3 Å². The van der Waals surface area contributed by atoms with Gasteiger partial charge in [-0.05, 0) is 18.1 Å². The summed E-state index contributed by atoms with van der Waals surface area (Å²) in [6, 6.07) is 2.08. The van der Waals surface area contributed by atoms with Crippen LogP contribution in [0.3, 0.4) is 0 Å². The molecule has 1 unspecified atom stereocenters. The normalized spacial score (nSPS) is 13.5. The van der Waals surface area contributed by atoms with Crippen molar-refractivity contribution in [2.75, 3.05) is 18.1 Å². The first-order valence-corrected chi connectivity index (χ1v) is 6.99. The molecule has 0 aliphatic heterocycles. The van der Waals surface area contributed by atoms with Gasteiger partial charge in [-0.2, -0.15) is 0 Å². The van der Waals surface area contributed by atoms with Crippen molar-refractivity contribution in [2.24, 2.45) is 11.1 Å². The first-order valence-electron chi connectivity index (χ1n) is 5.76. The molecular weight excluding hydrogens is 232 g/mol. The minimum atomic E-state index is 0.141. The van der Waals surface area contributed by atoms with Gasteiger partial charge in [0.25, 0.3) is 0 Å². The van der Waals surface area contributed by atoms with Gasteiger partial charge in [0, 0.05) is 18.7 Å². The predicted octanol–water partition coefficient (Wildman–Crippen LogP) is 2.37. The third-order valence-electron chi connectivity index (χ3n) is 2.27. The van der Waals surface area contributed by atoms with Crippen LogP contribution in [-0.4, -0.2) is 28.8 Å². The zero-order valence-corrected chi connectivity index (χ0v) is 11.8. The highest BCUT2D eigenvalue weighted by Gasteiger charge is 2.15. The standard InChI is InChI=1S/C12H22N4S/c1-12(2,3)6-9(13)7-14-10-5-11(17-4)16-8-15-10/h5,8-9H,6-7,13H2,1-4H3,(H,14,15,16). The lowest BCUT2D eigenvalue weighted by atomic mass is 9.88. The second-order valence-corrected chi connectivity index (χ2v) is 6.18. The van der Waals surface area contributed by atoms with Crippen LogP contribution in [0.1, 0.15) is 27.2 Å². The molecule has 0 saturated carbocycles. The number of nitrogens with zero attached hydrogens (tertiary/aromatic N) is 2. The molecule has 4 nitrogen and oxygen atoms in total. The maximum atomic E-state index is 6.07. The Balaban J connectivity index is 2.44. The predicted molar refractivity (Wildman–Crippen MR) is 74.4 cm³/mol. The van der Waals surface area contributed by atoms with Gasteiger partial charge >= 0.3 is 0 Å². The summed E-state index contributed by atoms with van der Waals surface area (Å²) in [4.78, 5) is 8.29. The van der Waals surface area contributed by atoms with Crippen LogP contribution in [0.5, 0.6) is 0 Å². The number of thioether (sulfide) groups is 1. The lowest BCUT2D eigenvalue weighted by Gasteiger charge is -2.23. The topological polar surface area (TPSA) is 63.8 Å². The zero-order chi connectivity index (χ0) is 12.9. The van der Waals surface area contributed by atoms with Crippen LogP contribution in [0.2, 0.25) is 0 Å². The average Bonchev–Trinajstić information content (AvgIpc) is 2.24. The van der Waals surface area contributed by atoms with E-state index in [-0.39, 0.29) is 11.5 Å². The summed E-state index contributed by atoms with van der Waals surface area (Å²) in [6.45, 7) is 7.33. The van der Waals surface area contributed by atoms with Gasteiger partial charge in [-0.1, -0.05) is 20.8 Å². The summed E-state index contributed by atoms with van der Waals surface area (Å²) in [5.74, 6) is 0.841. The molecule has 1 aromatic heterocycles. The van der Waals surface area contributed by atoms with E-state index in [1.165, 1.54) is 0 Å². The molecule has 0 radical (unpaired) electrons. The van der Waals surface area contributed by atoms with E-state index in [1.807, 2.05) is 12.3 Å². The first-order chi connectivity index (χ1) is 7.90. The molecule has 3 N–H and O–H groups in total. The fraction of sp³-hybridized carbons (Fsp3) is 0.667. The van der Waals surface area contributed by atoms with Gasteiger partial charge in [-0.15, -0.1) is 11.8 Å². The second-order valence-electron chi connectivity index (χ2n) is 5.35. The number of anilines is 1. The Morgan fingerprint density at radius 2 is 2.12 bits per heavy atom. The van der Waals surface area contributed by atoms with E-state index in [4.69, 9.17) is 5.73 Å². The van der Waals surface area contributed by atoms with Crippen molar-refractivity contribution in [3.05, 3.63) is 12.4 Å². The first kappa shape index (κ1) is 14.3. The summed E-state index contributed by atoms with van der Waals surface area (Å²) >= 11 is 1.60. The summed E-state index contributed by atoms with van der Waals surface area (Å²) in [6.07, 6.45) is 4.56. The van der Waals surface area contributed by atoms with E-state index in [0.717, 1.165) is 23.8 Å². The zero-order valence-electron chi connectivity index (χ0n) is 11.0. The van der Waals surface area contributed by atoms with Gasteiger partial charge < -0.3 is 11.1 Å². The summed E-state index contributed by atoms with van der Waals surface area (Å²) < 4.78 is 0. The van der Waals surface area contributed by atoms with Gasteiger partial charge in [0.2, 0.25) is 0 Å². The highest BCUT2D eigenvalue weighted by Crippen LogP contribution is 2.20. The molecule has 0 aliphatic rings. The van der Waals surface area contributed by atoms with Gasteiger partial charge in [0.1, 0.15) is 17.2 Å². The van der Waals surface area contributed by atoms with Crippen molar-refractivity contribution in [3.63, 3.8) is 0 Å². The molecule has 1 rings (SSSR count). The Kier molecular flexibility index (Phi) is 5.21. The van der Waals surface area contributed by atoms with Gasteiger partial charge in [0.05, 0.1) is 0 Å². The molecule has 0 amide bonds. The average molecular weight is 254 g/mol. The molecular formula is C12H22N4S. The van der Waals surface area contributed by atoms with Crippen molar-refractivity contribution in [1.29, 1.82) is 0 Å². The quantitative estimate of drug-likeness (QED) is 0.624. The Bertz CT molecular complexity index is 349. The molecule has 0 aliphatic carbocycles. The maximum absolute atomic E-state index is 6.07. The third kappa shape index (κ3) is 5.89. The van der Waals surface area contributed by atoms with Crippen LogP contribution in [0.25, 0.3) is 0 Å². The van der Waals surface area contributed by atoms with E-state index in [9.17, 15) is 0 Å². The fourth-order valence-electron chi connectivity index (χ4n) is 1.64. The molecule has 0 saturated heterocycles. The molecule has 1 heterocycles. The van der Waals surface area contributed by atoms with Crippen LogP contribution < -0.4 is 11.1 Å². The highest BCUT2D eigenvalue weighted by molar-refractivity contribution is 7.98. The van der Waals surface area contributed by atoms with E-state index >= 15 is 0 Å². The van der Waals surface area contributed by atoms with Crippen molar-refractivity contribution >= 4 is 17.6 Å². The molecule has 0 fully saturated rings. The van der Waals surface area contributed by atoms with E-state index in [1.54, 1.807) is 18.1 Å². The largest absolute Gasteiger partial charge is 0.368 e. The molecule has 1 aromatic rings. The third-order valence-corrected chi connectivity index (χ3v) is 2.91. The van der Waals surface area contributed by atoms with Crippen molar-refractivity contribution in [3.8, 4) is 0 Å². The molecule has 0 aromatic carbocycles. The van der Waals surface area contributed by atoms with Gasteiger partial charge in [-0.3, -0.25) is 0 Å². The SMILES string of the molecule is CSc1cc(NCC(N)CC(C)(C)C)ncn1. The van der Waals surface area contributed by atoms with Crippen LogP contribution in [0, 0.1) is 5.41 Å². The Hall–Kier alpha value is -0.810. The summed E-state index contributed by atoms with van der Waals surface area (Å²) in [5, 5.41) is 4.22. The molecule has 96 valence electrons. The number of nitrogens with two attached hydrogens (primary N) is 1. The molecule has 1 atom stereocenters. The van der Waals surface area contributed by atoms with Gasteiger partial charge in [0.15, 0.2) is 0 Å². The smallest absolute Gasteiger partial charge is 0.130 e. The number of hydrogen-bond acceptors (Lipinski definition) is 5. The summed E-state index contributed by atoms with van der Waals surface area (Å²) in [7, 11) is 0. The lowest BCUT2D eigenvalue weighted by molar-refractivity contribution is 0.344. The van der Waals surface area contributed by atoms with E-state index in [0.29, 0.717) is 0 Å². The second kappa shape index (κ2) is 6.21. The molecule has 0 bridgehead atoms. The monoisotopic (exact) mass is 254 g/mol. The Morgan fingerprint density at radius 3 is 2.71 bits per heavy atom. The molecule has 5 heteroatoms. The minimum absolute atomic E-state index is 0.141. The number of hydrogen-bond donors (Lipinski definition) is 2. The number of aromatic nitrogens is 2. The minimum Gasteiger partial charge on any atom is -0.368 e. The highest BCUT2D eigenvalue weighted by atomic mass is 32.2. The Morgan fingerprint density at radius 1 is 1.41 bits per heavy atom. The summed E-state index contributed by atoms with van der Waals surface area (Å²) in [5.41, 5.74) is 6.33. The fourth-order valence-corrected chi connectivity index (χ4v) is 2.02.